The molecule has 0 aliphatic carbocycles. The summed E-state index contributed by atoms with van der Waals surface area (Å²) in [5.41, 5.74) is -1.57. The lowest BCUT2D eigenvalue weighted by Gasteiger charge is -2.26. The molecule has 1 aromatic carbocycles. The molecule has 2 amide bonds. The molecule has 4 rings (SSSR count). The number of aliphatic hydroxyl groups excluding tert-OH is 1. The molecule has 3 aliphatic rings. The lowest BCUT2D eigenvalue weighted by Crippen LogP contribution is -2.43. The van der Waals surface area contributed by atoms with Crippen molar-refractivity contribution in [1.82, 2.24) is 0 Å². The topological polar surface area (TPSA) is 110 Å². The third kappa shape index (κ3) is 1.61. The van der Waals surface area contributed by atoms with E-state index in [0.717, 1.165) is 4.90 Å². The number of anilines is 1. The molecule has 3 heterocycles. The van der Waals surface area contributed by atoms with Crippen molar-refractivity contribution in [2.24, 2.45) is 11.8 Å². The van der Waals surface area contributed by atoms with Gasteiger partial charge in [-0.15, -0.1) is 0 Å². The molecule has 0 spiro atoms. The monoisotopic (exact) mass is 316 g/mol. The molecule has 23 heavy (non-hydrogen) atoms. The predicted octanol–water partition coefficient (Wildman–Crippen LogP) is 0.400. The van der Waals surface area contributed by atoms with Crippen LogP contribution in [0.25, 0.3) is 0 Å². The van der Waals surface area contributed by atoms with Gasteiger partial charge in [-0.25, -0.2) is 4.90 Å². The van der Waals surface area contributed by atoms with Crippen LogP contribution < -0.4 is 4.90 Å². The highest BCUT2D eigenvalue weighted by atomic mass is 16.6. The summed E-state index contributed by atoms with van der Waals surface area (Å²) >= 11 is 0. The summed E-state index contributed by atoms with van der Waals surface area (Å²) < 4.78 is 5.62. The van der Waals surface area contributed by atoms with Crippen LogP contribution in [-0.4, -0.2) is 40.2 Å². The van der Waals surface area contributed by atoms with E-state index < -0.39 is 46.9 Å². The zero-order valence-corrected chi connectivity index (χ0v) is 11.8. The number of nitro groups is 1. The molecule has 8 heteroatoms. The maximum absolute atomic E-state index is 12.8. The molecule has 2 saturated heterocycles. The van der Waals surface area contributed by atoms with Crippen molar-refractivity contribution >= 4 is 23.2 Å². The molecule has 8 nitrogen and oxygen atoms in total. The fraction of sp³-hybridized carbons (Fsp3) is 0.333. The van der Waals surface area contributed by atoms with Crippen LogP contribution in [0.15, 0.2) is 36.4 Å². The molecule has 1 N–H and O–H groups in total. The van der Waals surface area contributed by atoms with Gasteiger partial charge in [-0.1, -0.05) is 24.3 Å². The van der Waals surface area contributed by atoms with Crippen molar-refractivity contribution in [3.63, 3.8) is 0 Å². The number of benzene rings is 1. The van der Waals surface area contributed by atoms with E-state index in [2.05, 4.69) is 0 Å². The van der Waals surface area contributed by atoms with Crippen molar-refractivity contribution in [3.8, 4) is 0 Å². The zero-order chi connectivity index (χ0) is 16.4. The Kier molecular flexibility index (Phi) is 2.72. The van der Waals surface area contributed by atoms with Gasteiger partial charge < -0.3 is 9.84 Å². The third-order valence-corrected chi connectivity index (χ3v) is 4.72. The van der Waals surface area contributed by atoms with Gasteiger partial charge in [0.1, 0.15) is 11.3 Å². The Morgan fingerprint density at radius 3 is 2.74 bits per heavy atom. The van der Waals surface area contributed by atoms with Gasteiger partial charge in [0, 0.05) is 6.07 Å². The largest absolute Gasteiger partial charge is 0.393 e. The summed E-state index contributed by atoms with van der Waals surface area (Å²) in [5.74, 6) is -2.71. The molecule has 0 aromatic heterocycles. The Labute approximate surface area is 130 Å². The number of fused-ring (bicyclic) bond motifs is 5. The Bertz CT molecular complexity index is 775. The van der Waals surface area contributed by atoms with E-state index in [1.54, 1.807) is 12.2 Å². The van der Waals surface area contributed by atoms with Crippen molar-refractivity contribution in [2.45, 2.75) is 11.7 Å². The van der Waals surface area contributed by atoms with Crippen molar-refractivity contribution in [3.05, 3.63) is 46.5 Å². The quantitative estimate of drug-likeness (QED) is 0.374. The van der Waals surface area contributed by atoms with Gasteiger partial charge >= 0.3 is 0 Å². The van der Waals surface area contributed by atoms with E-state index in [-0.39, 0.29) is 11.4 Å². The highest BCUT2D eigenvalue weighted by molar-refractivity contribution is 6.24. The first-order valence-electron chi connectivity index (χ1n) is 7.09. The lowest BCUT2D eigenvalue weighted by molar-refractivity contribution is -0.384. The number of nitrogens with zero attached hydrogens (tertiary/aromatic N) is 2. The number of rotatable bonds is 3. The summed E-state index contributed by atoms with van der Waals surface area (Å²) in [6, 6.07) is 5.62. The highest BCUT2D eigenvalue weighted by Gasteiger charge is 2.68. The van der Waals surface area contributed by atoms with Crippen LogP contribution in [-0.2, 0) is 14.3 Å². The Balaban J connectivity index is 1.82. The number of nitro benzene ring substituents is 1. The van der Waals surface area contributed by atoms with Gasteiger partial charge in [-0.05, 0) is 6.07 Å². The number of carbonyl (C=O) groups is 2. The smallest absolute Gasteiger partial charge is 0.293 e. The van der Waals surface area contributed by atoms with Crippen molar-refractivity contribution < 1.29 is 24.4 Å². The first-order chi connectivity index (χ1) is 11.0. The van der Waals surface area contributed by atoms with E-state index in [1.165, 1.54) is 24.3 Å². The second-order valence-electron chi connectivity index (χ2n) is 5.82. The third-order valence-electron chi connectivity index (χ3n) is 4.72. The zero-order valence-electron chi connectivity index (χ0n) is 11.8. The molecule has 4 atom stereocenters. The first kappa shape index (κ1) is 14.0. The standard InChI is InChI=1S/C15H12N2O6/c18-7-15-6-5-10(23-15)11-12(15)14(20)16(13(11)19)8-3-1-2-4-9(8)17(21)22/h1-6,10-12,18H,7H2/t10-,11-,12+,15+/m1/s1. The molecule has 3 aliphatic heterocycles. The normalized spacial score (nSPS) is 34.3. The first-order valence-corrected chi connectivity index (χ1v) is 7.09. The fourth-order valence-corrected chi connectivity index (χ4v) is 3.73. The van der Waals surface area contributed by atoms with Crippen LogP contribution in [0.1, 0.15) is 0 Å². The maximum atomic E-state index is 12.8. The Hall–Kier alpha value is -2.58. The van der Waals surface area contributed by atoms with Crippen LogP contribution >= 0.6 is 0 Å². The van der Waals surface area contributed by atoms with Crippen LogP contribution in [0.3, 0.4) is 0 Å². The molecule has 1 aromatic rings. The van der Waals surface area contributed by atoms with Gasteiger partial charge in [-0.2, -0.15) is 0 Å². The minimum absolute atomic E-state index is 0.0469. The second kappa shape index (κ2) is 4.46. The number of para-hydroxylation sites is 2. The molecule has 2 fully saturated rings. The number of imide groups is 1. The summed E-state index contributed by atoms with van der Waals surface area (Å²) in [4.78, 5) is 36.9. The van der Waals surface area contributed by atoms with Crippen LogP contribution in [0, 0.1) is 22.0 Å². The van der Waals surface area contributed by atoms with Crippen molar-refractivity contribution in [1.29, 1.82) is 0 Å². The number of hydrogen-bond acceptors (Lipinski definition) is 6. The lowest BCUT2D eigenvalue weighted by atomic mass is 9.77. The summed E-state index contributed by atoms with van der Waals surface area (Å²) in [5, 5.41) is 20.8. The second-order valence-corrected chi connectivity index (χ2v) is 5.82. The summed E-state index contributed by atoms with van der Waals surface area (Å²) in [6.07, 6.45) is 2.68. The number of hydrogen-bond donors (Lipinski definition) is 1. The number of carbonyl (C=O) groups excluding carboxylic acids is 2. The molecular weight excluding hydrogens is 304 g/mol. The van der Waals surface area contributed by atoms with Gasteiger partial charge in [0.25, 0.3) is 5.69 Å². The van der Waals surface area contributed by atoms with E-state index in [0.29, 0.717) is 0 Å². The summed E-state index contributed by atoms with van der Waals surface area (Å²) in [7, 11) is 0. The van der Waals surface area contributed by atoms with Gasteiger partial charge in [0.05, 0.1) is 29.5 Å². The van der Waals surface area contributed by atoms with Gasteiger partial charge in [-0.3, -0.25) is 19.7 Å². The molecule has 0 unspecified atom stereocenters. The fourth-order valence-electron chi connectivity index (χ4n) is 3.73. The van der Waals surface area contributed by atoms with Crippen LogP contribution in [0.2, 0.25) is 0 Å². The molecule has 0 radical (unpaired) electrons. The van der Waals surface area contributed by atoms with E-state index in [4.69, 9.17) is 4.74 Å². The van der Waals surface area contributed by atoms with E-state index in [1.807, 2.05) is 0 Å². The van der Waals surface area contributed by atoms with Crippen LogP contribution in [0.5, 0.6) is 0 Å². The Morgan fingerprint density at radius 1 is 1.30 bits per heavy atom. The number of ether oxygens (including phenoxy) is 1. The Morgan fingerprint density at radius 2 is 2.04 bits per heavy atom. The predicted molar refractivity (Wildman–Crippen MR) is 76.4 cm³/mol. The minimum Gasteiger partial charge on any atom is -0.393 e. The number of aliphatic hydroxyl groups is 1. The molecule has 118 valence electrons. The average molecular weight is 316 g/mol. The van der Waals surface area contributed by atoms with E-state index >= 15 is 0 Å². The SMILES string of the molecule is O=C1[C@H]2[C@@H](C(=O)N1c1ccccc1[N+](=O)[O-])[C@@]1(CO)C=C[C@H]2O1. The van der Waals surface area contributed by atoms with Crippen LogP contribution in [0.4, 0.5) is 11.4 Å². The van der Waals surface area contributed by atoms with Crippen molar-refractivity contribution in [2.75, 3.05) is 11.5 Å². The summed E-state index contributed by atoms with van der Waals surface area (Å²) in [6.45, 7) is -0.426. The maximum Gasteiger partial charge on any atom is 0.293 e. The van der Waals surface area contributed by atoms with E-state index in [9.17, 15) is 24.8 Å². The minimum atomic E-state index is -1.21. The van der Waals surface area contributed by atoms with Gasteiger partial charge in [0.2, 0.25) is 11.8 Å². The molecule has 0 saturated carbocycles. The highest BCUT2D eigenvalue weighted by Crippen LogP contribution is 2.52. The molecule has 2 bridgehead atoms. The number of amides is 2. The van der Waals surface area contributed by atoms with Gasteiger partial charge in [0.15, 0.2) is 0 Å². The average Bonchev–Trinajstić information content (AvgIpc) is 3.18. The molecular formula is C15H12N2O6.